The minimum atomic E-state index is -3.59. The normalized spacial score (nSPS) is 11.1. The van der Waals surface area contributed by atoms with Crippen molar-refractivity contribution in [2.75, 3.05) is 11.9 Å². The summed E-state index contributed by atoms with van der Waals surface area (Å²) in [6.07, 6.45) is 0. The van der Waals surface area contributed by atoms with Crippen molar-refractivity contribution in [3.05, 3.63) is 82.2 Å². The number of rotatable bonds is 7. The maximum Gasteiger partial charge on any atom is 0.287 e. The highest BCUT2D eigenvalue weighted by Gasteiger charge is 2.19. The first-order valence-corrected chi connectivity index (χ1v) is 11.4. The maximum atomic E-state index is 12.4. The predicted molar refractivity (Wildman–Crippen MR) is 116 cm³/mol. The Morgan fingerprint density at radius 1 is 1.03 bits per heavy atom. The number of amides is 2. The summed E-state index contributed by atoms with van der Waals surface area (Å²) in [7, 11) is -3.59. The summed E-state index contributed by atoms with van der Waals surface area (Å²) in [5, 5.41) is 5.17. The van der Waals surface area contributed by atoms with Gasteiger partial charge >= 0.3 is 0 Å². The van der Waals surface area contributed by atoms with Crippen LogP contribution in [0.25, 0.3) is 0 Å². The van der Waals surface area contributed by atoms with Crippen LogP contribution in [-0.2, 0) is 20.4 Å². The van der Waals surface area contributed by atoms with Crippen LogP contribution in [0.5, 0.6) is 0 Å². The van der Waals surface area contributed by atoms with Crippen LogP contribution in [0.15, 0.2) is 74.4 Å². The summed E-state index contributed by atoms with van der Waals surface area (Å²) in [6.45, 7) is 1.60. The number of carbonyl (C=O) groups is 2. The highest BCUT2D eigenvalue weighted by Crippen LogP contribution is 2.20. The average Bonchev–Trinajstić information content (AvgIpc) is 3.17. The Hall–Kier alpha value is -2.91. The van der Waals surface area contributed by atoms with Gasteiger partial charge in [-0.1, -0.05) is 34.1 Å². The van der Waals surface area contributed by atoms with Crippen LogP contribution in [0.4, 0.5) is 5.69 Å². The molecule has 0 saturated heterocycles. The standard InChI is InChI=1S/C21H19BrN2O5S/c1-14-11-15(22)7-9-18(14)24-20(25)12-23-21(26)19-10-8-16(29-19)13-30(27,28)17-5-3-2-4-6-17/h2-11H,12-13H2,1H3,(H,23,26)(H,24,25). The Bertz CT molecular complexity index is 1170. The van der Waals surface area contributed by atoms with E-state index in [0.29, 0.717) is 5.69 Å². The number of hydrogen-bond acceptors (Lipinski definition) is 5. The summed E-state index contributed by atoms with van der Waals surface area (Å²) in [5.74, 6) is -1.30. The van der Waals surface area contributed by atoms with Crippen LogP contribution in [0.2, 0.25) is 0 Å². The molecule has 0 bridgehead atoms. The molecule has 0 fully saturated rings. The van der Waals surface area contributed by atoms with Crippen molar-refractivity contribution >= 4 is 43.3 Å². The van der Waals surface area contributed by atoms with Gasteiger partial charge in [-0.05, 0) is 55.0 Å². The zero-order valence-electron chi connectivity index (χ0n) is 16.0. The molecule has 2 aromatic carbocycles. The molecule has 0 atom stereocenters. The SMILES string of the molecule is Cc1cc(Br)ccc1NC(=O)CNC(=O)c1ccc(CS(=O)(=O)c2ccccc2)o1. The Morgan fingerprint density at radius 3 is 2.47 bits per heavy atom. The minimum Gasteiger partial charge on any atom is -0.455 e. The molecule has 0 unspecified atom stereocenters. The highest BCUT2D eigenvalue weighted by molar-refractivity contribution is 9.10. The number of benzene rings is 2. The van der Waals surface area contributed by atoms with E-state index in [1.165, 1.54) is 24.3 Å². The van der Waals surface area contributed by atoms with Crippen molar-refractivity contribution in [2.24, 2.45) is 0 Å². The molecular weight excluding hydrogens is 472 g/mol. The largest absolute Gasteiger partial charge is 0.455 e. The number of anilines is 1. The Labute approximate surface area is 182 Å². The van der Waals surface area contributed by atoms with Gasteiger partial charge < -0.3 is 15.1 Å². The van der Waals surface area contributed by atoms with E-state index in [0.717, 1.165) is 10.0 Å². The lowest BCUT2D eigenvalue weighted by Gasteiger charge is -2.09. The fourth-order valence-electron chi connectivity index (χ4n) is 2.69. The Morgan fingerprint density at radius 2 is 1.77 bits per heavy atom. The molecule has 1 aromatic heterocycles. The van der Waals surface area contributed by atoms with Crippen LogP contribution in [-0.4, -0.2) is 26.8 Å². The van der Waals surface area contributed by atoms with Gasteiger partial charge in [-0.3, -0.25) is 9.59 Å². The molecule has 9 heteroatoms. The third-order valence-corrected chi connectivity index (χ3v) is 6.34. The first kappa shape index (κ1) is 21.8. The van der Waals surface area contributed by atoms with Gasteiger partial charge in [0.1, 0.15) is 11.5 Å². The lowest BCUT2D eigenvalue weighted by molar-refractivity contribution is -0.115. The fourth-order valence-corrected chi connectivity index (χ4v) is 4.43. The van der Waals surface area contributed by atoms with E-state index in [-0.39, 0.29) is 28.7 Å². The smallest absolute Gasteiger partial charge is 0.287 e. The third kappa shape index (κ3) is 5.58. The molecule has 156 valence electrons. The van der Waals surface area contributed by atoms with Crippen molar-refractivity contribution in [1.29, 1.82) is 0 Å². The molecule has 7 nitrogen and oxygen atoms in total. The number of carbonyl (C=O) groups excluding carboxylic acids is 2. The summed E-state index contributed by atoms with van der Waals surface area (Å²) in [4.78, 5) is 24.5. The van der Waals surface area contributed by atoms with Gasteiger partial charge in [0.05, 0.1) is 11.4 Å². The molecule has 3 aromatic rings. The summed E-state index contributed by atoms with van der Waals surface area (Å²) in [5.41, 5.74) is 1.52. The van der Waals surface area contributed by atoms with Crippen molar-refractivity contribution in [3.63, 3.8) is 0 Å². The summed E-state index contributed by atoms with van der Waals surface area (Å²) in [6, 6.07) is 16.2. The second-order valence-corrected chi connectivity index (χ2v) is 9.43. The lowest BCUT2D eigenvalue weighted by atomic mass is 10.2. The molecule has 0 aliphatic rings. The number of hydrogen-bond donors (Lipinski definition) is 2. The van der Waals surface area contributed by atoms with Crippen LogP contribution in [0.1, 0.15) is 21.9 Å². The number of sulfone groups is 1. The van der Waals surface area contributed by atoms with Crippen LogP contribution in [0, 0.1) is 6.92 Å². The Kier molecular flexibility index (Phi) is 6.73. The fraction of sp³-hybridized carbons (Fsp3) is 0.143. The van der Waals surface area contributed by atoms with Gasteiger partial charge in [0.2, 0.25) is 5.91 Å². The van der Waals surface area contributed by atoms with E-state index in [1.807, 2.05) is 13.0 Å². The molecule has 3 rings (SSSR count). The van der Waals surface area contributed by atoms with Crippen LogP contribution < -0.4 is 10.6 Å². The maximum absolute atomic E-state index is 12.4. The molecule has 2 N–H and O–H groups in total. The van der Waals surface area contributed by atoms with Gasteiger partial charge in [-0.25, -0.2) is 8.42 Å². The summed E-state index contributed by atoms with van der Waals surface area (Å²) < 4.78 is 31.1. The van der Waals surface area contributed by atoms with E-state index < -0.39 is 21.7 Å². The summed E-state index contributed by atoms with van der Waals surface area (Å²) >= 11 is 3.35. The van der Waals surface area contributed by atoms with Gasteiger partial charge in [-0.15, -0.1) is 0 Å². The number of aryl methyl sites for hydroxylation is 1. The molecule has 30 heavy (non-hydrogen) atoms. The van der Waals surface area contributed by atoms with Crippen LogP contribution >= 0.6 is 15.9 Å². The number of halogens is 1. The molecule has 2 amide bonds. The Balaban J connectivity index is 1.56. The van der Waals surface area contributed by atoms with Gasteiger partial charge in [0.15, 0.2) is 15.6 Å². The topological polar surface area (TPSA) is 105 Å². The monoisotopic (exact) mass is 490 g/mol. The van der Waals surface area contributed by atoms with E-state index in [9.17, 15) is 18.0 Å². The minimum absolute atomic E-state index is 0.0686. The third-order valence-electron chi connectivity index (χ3n) is 4.19. The number of nitrogens with one attached hydrogen (secondary N) is 2. The molecule has 0 saturated carbocycles. The van der Waals surface area contributed by atoms with Crippen molar-refractivity contribution in [2.45, 2.75) is 17.6 Å². The van der Waals surface area contributed by atoms with E-state index >= 15 is 0 Å². The molecular formula is C21H19BrN2O5S. The molecule has 0 spiro atoms. The highest BCUT2D eigenvalue weighted by atomic mass is 79.9. The van der Waals surface area contributed by atoms with Gasteiger partial charge in [0.25, 0.3) is 5.91 Å². The predicted octanol–water partition coefficient (Wildman–Crippen LogP) is 3.69. The molecule has 0 aliphatic carbocycles. The molecule has 0 radical (unpaired) electrons. The van der Waals surface area contributed by atoms with E-state index in [1.54, 1.807) is 30.3 Å². The van der Waals surface area contributed by atoms with Crippen molar-refractivity contribution < 1.29 is 22.4 Å². The van der Waals surface area contributed by atoms with Gasteiger partial charge in [0, 0.05) is 10.2 Å². The van der Waals surface area contributed by atoms with Gasteiger partial charge in [-0.2, -0.15) is 0 Å². The number of furan rings is 1. The van der Waals surface area contributed by atoms with Crippen molar-refractivity contribution in [3.8, 4) is 0 Å². The van der Waals surface area contributed by atoms with Crippen LogP contribution in [0.3, 0.4) is 0 Å². The second-order valence-electron chi connectivity index (χ2n) is 6.53. The van der Waals surface area contributed by atoms with E-state index in [4.69, 9.17) is 4.42 Å². The molecule has 0 aliphatic heterocycles. The first-order valence-electron chi connectivity index (χ1n) is 8.95. The van der Waals surface area contributed by atoms with E-state index in [2.05, 4.69) is 26.6 Å². The quantitative estimate of drug-likeness (QED) is 0.525. The zero-order chi connectivity index (χ0) is 21.7. The average molecular weight is 491 g/mol. The zero-order valence-corrected chi connectivity index (χ0v) is 18.4. The first-order chi connectivity index (χ1) is 14.2. The molecule has 1 heterocycles. The van der Waals surface area contributed by atoms with Crippen molar-refractivity contribution in [1.82, 2.24) is 5.32 Å². The lowest BCUT2D eigenvalue weighted by Crippen LogP contribution is -2.32. The second kappa shape index (κ2) is 9.27.